The van der Waals surface area contributed by atoms with E-state index in [1.54, 1.807) is 18.0 Å². The molecule has 0 spiro atoms. The van der Waals surface area contributed by atoms with Gasteiger partial charge in [-0.25, -0.2) is 4.79 Å². The normalized spacial score (nSPS) is 13.9. The van der Waals surface area contributed by atoms with Crippen LogP contribution < -0.4 is 33.2 Å². The van der Waals surface area contributed by atoms with Crippen molar-refractivity contribution < 1.29 is 24.3 Å². The number of amides is 3. The number of hydrogen-bond acceptors (Lipinski definition) is 8. The van der Waals surface area contributed by atoms with Gasteiger partial charge >= 0.3 is 5.97 Å². The van der Waals surface area contributed by atoms with E-state index < -0.39 is 47.9 Å². The Labute approximate surface area is 254 Å². The summed E-state index contributed by atoms with van der Waals surface area (Å²) in [5.41, 5.74) is 18.4. The minimum atomic E-state index is -1.22. The molecule has 0 aliphatic carbocycles. The van der Waals surface area contributed by atoms with Crippen molar-refractivity contribution in [2.24, 2.45) is 22.2 Å². The number of nitrogens with one attached hydrogen (secondary N) is 4. The number of carboxylic acids is 1. The van der Waals surface area contributed by atoms with E-state index in [1.807, 2.05) is 36.8 Å². The maximum Gasteiger partial charge on any atom is 0.326 e. The van der Waals surface area contributed by atoms with Crippen LogP contribution >= 0.6 is 23.5 Å². The number of thioether (sulfide) groups is 2. The first kappa shape index (κ1) is 34.8. The van der Waals surface area contributed by atoms with Gasteiger partial charge in [-0.3, -0.25) is 19.4 Å². The van der Waals surface area contributed by atoms with Crippen molar-refractivity contribution in [3.63, 3.8) is 0 Å². The van der Waals surface area contributed by atoms with Gasteiger partial charge in [-0.1, -0.05) is 18.2 Å². The quantitative estimate of drug-likeness (QED) is 0.0600. The molecule has 0 radical (unpaired) electrons. The molecule has 0 aliphatic heterocycles. The number of rotatable bonds is 19. The van der Waals surface area contributed by atoms with Gasteiger partial charge < -0.3 is 43.2 Å². The van der Waals surface area contributed by atoms with Crippen molar-refractivity contribution in [2.75, 3.05) is 30.6 Å². The van der Waals surface area contributed by atoms with Crippen molar-refractivity contribution in [1.82, 2.24) is 20.9 Å². The number of nitrogens with two attached hydrogens (primary N) is 3. The largest absolute Gasteiger partial charge is 0.480 e. The van der Waals surface area contributed by atoms with E-state index in [9.17, 15) is 24.3 Å². The highest BCUT2D eigenvalue weighted by molar-refractivity contribution is 7.98. The van der Waals surface area contributed by atoms with E-state index >= 15 is 0 Å². The Bertz CT molecular complexity index is 1220. The number of hydrogen-bond donors (Lipinski definition) is 8. The van der Waals surface area contributed by atoms with Gasteiger partial charge in [-0.2, -0.15) is 23.5 Å². The van der Waals surface area contributed by atoms with E-state index in [1.165, 1.54) is 11.8 Å². The number of H-pyrrole nitrogens is 1. The number of carboxylic acid groups (broad SMARTS) is 1. The van der Waals surface area contributed by atoms with Gasteiger partial charge in [0.25, 0.3) is 0 Å². The number of aliphatic carboxylic acids is 1. The molecule has 0 saturated carbocycles. The van der Waals surface area contributed by atoms with Crippen LogP contribution in [0.5, 0.6) is 0 Å². The molecule has 0 aliphatic rings. The second kappa shape index (κ2) is 18.2. The first-order valence-electron chi connectivity index (χ1n) is 13.5. The molecule has 1 heterocycles. The summed E-state index contributed by atoms with van der Waals surface area (Å²) in [7, 11) is 0. The number of benzene rings is 1. The van der Waals surface area contributed by atoms with Crippen LogP contribution in [0.1, 0.15) is 31.2 Å². The molecule has 0 saturated heterocycles. The fourth-order valence-electron chi connectivity index (χ4n) is 4.19. The molecule has 2 rings (SSSR count). The first-order valence-corrected chi connectivity index (χ1v) is 16.3. The Balaban J connectivity index is 2.23. The van der Waals surface area contributed by atoms with Gasteiger partial charge in [-0.15, -0.1) is 0 Å². The average molecular weight is 623 g/mol. The Hall–Kier alpha value is -3.43. The molecule has 13 nitrogen and oxygen atoms in total. The van der Waals surface area contributed by atoms with E-state index in [4.69, 9.17) is 17.2 Å². The second-order valence-corrected chi connectivity index (χ2v) is 11.7. The highest BCUT2D eigenvalue weighted by Gasteiger charge is 2.30. The maximum absolute atomic E-state index is 13.6. The molecular formula is C27H42N8O5S2. The highest BCUT2D eigenvalue weighted by atomic mass is 32.2. The van der Waals surface area contributed by atoms with Crippen LogP contribution in [0.4, 0.5) is 0 Å². The minimum absolute atomic E-state index is 0.0915. The standard InChI is InChI=1S/C27H42N8O5S2/c1-41-12-9-18(28)23(36)35-22(14-16-15-32-19-7-4-3-6-17(16)19)25(38)33-20(10-13-42-2)24(37)34-21(26(39)40)8-5-11-31-27(29)30/h3-4,6-7,15,18,20-22,32H,5,8-14,28H2,1-2H3,(H,33,38)(H,34,37)(H,35,36)(H,39,40)(H4,29,30,31). The Morgan fingerprint density at radius 1 is 0.905 bits per heavy atom. The highest BCUT2D eigenvalue weighted by Crippen LogP contribution is 2.19. The predicted octanol–water partition coefficient (Wildman–Crippen LogP) is 0.137. The van der Waals surface area contributed by atoms with Crippen molar-refractivity contribution >= 4 is 64.1 Å². The van der Waals surface area contributed by atoms with Crippen molar-refractivity contribution in [2.45, 2.75) is 56.3 Å². The Morgan fingerprint density at radius 3 is 2.19 bits per heavy atom. The van der Waals surface area contributed by atoms with Crippen molar-refractivity contribution in [3.05, 3.63) is 36.0 Å². The van der Waals surface area contributed by atoms with Crippen LogP contribution in [0.25, 0.3) is 10.9 Å². The van der Waals surface area contributed by atoms with E-state index in [0.717, 1.165) is 16.5 Å². The van der Waals surface area contributed by atoms with Crippen LogP contribution in [0.2, 0.25) is 0 Å². The van der Waals surface area contributed by atoms with Crippen LogP contribution in [0, 0.1) is 0 Å². The molecule has 4 atom stereocenters. The molecule has 4 unspecified atom stereocenters. The molecule has 15 heteroatoms. The summed E-state index contributed by atoms with van der Waals surface area (Å²) in [4.78, 5) is 58.6. The third-order valence-electron chi connectivity index (χ3n) is 6.51. The zero-order valence-electron chi connectivity index (χ0n) is 23.9. The Kier molecular flexibility index (Phi) is 15.1. The number of para-hydroxylation sites is 1. The molecule has 0 bridgehead atoms. The van der Waals surface area contributed by atoms with Crippen LogP contribution in [0.3, 0.4) is 0 Å². The van der Waals surface area contributed by atoms with Crippen molar-refractivity contribution in [1.29, 1.82) is 0 Å². The van der Waals surface area contributed by atoms with Gasteiger partial charge in [-0.05, 0) is 61.3 Å². The van der Waals surface area contributed by atoms with E-state index in [2.05, 4.69) is 25.9 Å². The summed E-state index contributed by atoms with van der Waals surface area (Å²) >= 11 is 3.04. The smallest absolute Gasteiger partial charge is 0.326 e. The molecule has 3 amide bonds. The average Bonchev–Trinajstić information content (AvgIpc) is 3.37. The molecule has 232 valence electrons. The van der Waals surface area contributed by atoms with Crippen LogP contribution in [-0.4, -0.2) is 94.5 Å². The number of carbonyl (C=O) groups excluding carboxylic acids is 3. The lowest BCUT2D eigenvalue weighted by molar-refractivity contribution is -0.142. The molecule has 0 fully saturated rings. The summed E-state index contributed by atoms with van der Waals surface area (Å²) < 4.78 is 0. The van der Waals surface area contributed by atoms with E-state index in [-0.39, 0.29) is 31.8 Å². The zero-order valence-corrected chi connectivity index (χ0v) is 25.6. The second-order valence-electron chi connectivity index (χ2n) is 9.70. The molecule has 1 aromatic heterocycles. The lowest BCUT2D eigenvalue weighted by atomic mass is 10.0. The van der Waals surface area contributed by atoms with Gasteiger partial charge in [0.05, 0.1) is 6.04 Å². The van der Waals surface area contributed by atoms with Crippen LogP contribution in [-0.2, 0) is 25.6 Å². The van der Waals surface area contributed by atoms with Gasteiger partial charge in [0, 0.05) is 30.1 Å². The topological polar surface area (TPSA) is 231 Å². The molecule has 1 aromatic carbocycles. The van der Waals surface area contributed by atoms with Crippen LogP contribution in [0.15, 0.2) is 35.5 Å². The maximum atomic E-state index is 13.6. The van der Waals surface area contributed by atoms with Gasteiger partial charge in [0.15, 0.2) is 5.96 Å². The number of nitrogens with zero attached hydrogens (tertiary/aromatic N) is 1. The van der Waals surface area contributed by atoms with Crippen molar-refractivity contribution in [3.8, 4) is 0 Å². The number of aliphatic imine (C=N–C) groups is 1. The third-order valence-corrected chi connectivity index (χ3v) is 7.79. The number of aromatic amines is 1. The fraction of sp³-hybridized carbons (Fsp3) is 0.519. The van der Waals surface area contributed by atoms with Gasteiger partial charge in [0.1, 0.15) is 18.1 Å². The number of aromatic nitrogens is 1. The SMILES string of the molecule is CSCCC(N)C(=O)NC(Cc1c[nH]c2ccccc12)C(=O)NC(CCSC)C(=O)NC(CCCN=C(N)N)C(=O)O. The first-order chi connectivity index (χ1) is 20.1. The number of fused-ring (bicyclic) bond motifs is 1. The third kappa shape index (κ3) is 11.4. The summed E-state index contributed by atoms with van der Waals surface area (Å²) in [5, 5.41) is 18.6. The summed E-state index contributed by atoms with van der Waals surface area (Å²) in [6, 6.07) is 3.52. The van der Waals surface area contributed by atoms with Gasteiger partial charge in [0.2, 0.25) is 17.7 Å². The zero-order chi connectivity index (χ0) is 31.1. The number of carbonyl (C=O) groups is 4. The lowest BCUT2D eigenvalue weighted by Crippen LogP contribution is -2.57. The summed E-state index contributed by atoms with van der Waals surface area (Å²) in [6.45, 7) is 0.211. The molecular weight excluding hydrogens is 580 g/mol. The molecule has 2 aromatic rings. The fourth-order valence-corrected chi connectivity index (χ4v) is 5.16. The monoisotopic (exact) mass is 622 g/mol. The summed E-state index contributed by atoms with van der Waals surface area (Å²) in [5.74, 6) is -1.80. The Morgan fingerprint density at radius 2 is 1.52 bits per heavy atom. The minimum Gasteiger partial charge on any atom is -0.480 e. The molecule has 11 N–H and O–H groups in total. The predicted molar refractivity (Wildman–Crippen MR) is 169 cm³/mol. The lowest BCUT2D eigenvalue weighted by Gasteiger charge is -2.25. The summed E-state index contributed by atoms with van der Waals surface area (Å²) in [6.07, 6.45) is 6.81. The van der Waals surface area contributed by atoms with E-state index in [0.29, 0.717) is 24.3 Å². The molecule has 42 heavy (non-hydrogen) atoms. The number of guanidine groups is 1.